The number of hydrogen-bond acceptors (Lipinski definition) is 5. The van der Waals surface area contributed by atoms with Crippen LogP contribution in [0.25, 0.3) is 11.3 Å². The lowest BCUT2D eigenvalue weighted by atomic mass is 10.2. The second-order valence-electron chi connectivity index (χ2n) is 5.30. The van der Waals surface area contributed by atoms with Crippen molar-refractivity contribution in [3.63, 3.8) is 0 Å². The fourth-order valence-electron chi connectivity index (χ4n) is 2.27. The van der Waals surface area contributed by atoms with E-state index in [2.05, 4.69) is 10.1 Å². The lowest BCUT2D eigenvalue weighted by Gasteiger charge is -2.01. The van der Waals surface area contributed by atoms with Crippen LogP contribution in [0.2, 0.25) is 10.0 Å². The number of benzene rings is 1. The van der Waals surface area contributed by atoms with E-state index < -0.39 is 5.97 Å². The van der Waals surface area contributed by atoms with Gasteiger partial charge in [-0.15, -0.1) is 11.3 Å². The van der Waals surface area contributed by atoms with E-state index in [1.807, 2.05) is 18.4 Å². The zero-order valence-electron chi connectivity index (χ0n) is 13.6. The third-order valence-corrected chi connectivity index (χ3v) is 5.09. The van der Waals surface area contributed by atoms with Crippen molar-refractivity contribution in [1.82, 2.24) is 14.8 Å². The number of hydrogen-bond donors (Lipinski definition) is 0. The van der Waals surface area contributed by atoms with E-state index in [1.54, 1.807) is 29.8 Å². The summed E-state index contributed by atoms with van der Waals surface area (Å²) in [7, 11) is 0. The van der Waals surface area contributed by atoms with E-state index in [0.29, 0.717) is 28.9 Å². The molecule has 0 saturated heterocycles. The lowest BCUT2D eigenvalue weighted by Crippen LogP contribution is -2.08. The highest BCUT2D eigenvalue weighted by Gasteiger charge is 2.14. The van der Waals surface area contributed by atoms with Gasteiger partial charge in [0.15, 0.2) is 5.69 Å². The summed E-state index contributed by atoms with van der Waals surface area (Å²) in [5, 5.41) is 8.15. The third kappa shape index (κ3) is 4.03. The first-order chi connectivity index (χ1) is 12.0. The molecular weight excluding hydrogens is 381 g/mol. The summed E-state index contributed by atoms with van der Waals surface area (Å²) < 4.78 is 6.72. The molecular formula is C17H15Cl2N3O2S. The summed E-state index contributed by atoms with van der Waals surface area (Å²) in [5.74, 6) is -0.417. The highest BCUT2D eigenvalue weighted by molar-refractivity contribution is 7.09. The molecule has 0 atom stereocenters. The highest BCUT2D eigenvalue weighted by atomic mass is 35.5. The summed E-state index contributed by atoms with van der Waals surface area (Å²) in [4.78, 5) is 16.4. The van der Waals surface area contributed by atoms with Crippen molar-refractivity contribution in [1.29, 1.82) is 0 Å². The second-order valence-corrected chi connectivity index (χ2v) is 7.06. The van der Waals surface area contributed by atoms with Crippen molar-refractivity contribution >= 4 is 40.5 Å². The number of carbonyl (C=O) groups is 1. The average molecular weight is 396 g/mol. The molecule has 3 aromatic rings. The molecule has 0 aliphatic carbocycles. The van der Waals surface area contributed by atoms with Crippen LogP contribution in [0.3, 0.4) is 0 Å². The standard InChI is InChI=1S/C17H15Cl2N3O2S/c1-3-24-17(23)14-6-10(2)22(21-14)8-16-20-15(9-25-16)11-4-5-12(18)13(19)7-11/h4-7,9H,3,8H2,1-2H3. The van der Waals surface area contributed by atoms with E-state index in [4.69, 9.17) is 27.9 Å². The van der Waals surface area contributed by atoms with Gasteiger partial charge in [0.25, 0.3) is 0 Å². The Kier molecular flexibility index (Phi) is 5.42. The first-order valence-electron chi connectivity index (χ1n) is 7.59. The van der Waals surface area contributed by atoms with Crippen molar-refractivity contribution in [3.05, 3.63) is 56.1 Å². The summed E-state index contributed by atoms with van der Waals surface area (Å²) in [6.07, 6.45) is 0. The van der Waals surface area contributed by atoms with Gasteiger partial charge in [-0.05, 0) is 32.0 Å². The van der Waals surface area contributed by atoms with Crippen LogP contribution in [0.5, 0.6) is 0 Å². The van der Waals surface area contributed by atoms with Gasteiger partial charge in [-0.25, -0.2) is 9.78 Å². The van der Waals surface area contributed by atoms with Crippen LogP contribution in [0, 0.1) is 6.92 Å². The zero-order valence-corrected chi connectivity index (χ0v) is 16.0. The van der Waals surface area contributed by atoms with Gasteiger partial charge < -0.3 is 4.74 Å². The van der Waals surface area contributed by atoms with Crippen molar-refractivity contribution in [2.24, 2.45) is 0 Å². The molecule has 0 N–H and O–H groups in total. The quantitative estimate of drug-likeness (QED) is 0.579. The van der Waals surface area contributed by atoms with Crippen LogP contribution in [0.15, 0.2) is 29.6 Å². The Morgan fingerprint density at radius 3 is 2.80 bits per heavy atom. The van der Waals surface area contributed by atoms with Crippen molar-refractivity contribution in [2.75, 3.05) is 6.61 Å². The van der Waals surface area contributed by atoms with Crippen LogP contribution >= 0.6 is 34.5 Å². The topological polar surface area (TPSA) is 57.0 Å². The molecule has 3 rings (SSSR count). The number of aryl methyl sites for hydroxylation is 1. The third-order valence-electron chi connectivity index (χ3n) is 3.52. The van der Waals surface area contributed by atoms with Crippen LogP contribution in [0.1, 0.15) is 28.1 Å². The molecule has 0 fully saturated rings. The zero-order chi connectivity index (χ0) is 18.0. The van der Waals surface area contributed by atoms with Gasteiger partial charge in [0, 0.05) is 16.6 Å². The Morgan fingerprint density at radius 2 is 2.08 bits per heavy atom. The van der Waals surface area contributed by atoms with E-state index >= 15 is 0 Å². The molecule has 0 saturated carbocycles. The number of nitrogens with zero attached hydrogens (tertiary/aromatic N) is 3. The highest BCUT2D eigenvalue weighted by Crippen LogP contribution is 2.29. The fraction of sp³-hybridized carbons (Fsp3) is 0.235. The number of rotatable bonds is 5. The molecule has 0 aliphatic heterocycles. The monoisotopic (exact) mass is 395 g/mol. The lowest BCUT2D eigenvalue weighted by molar-refractivity contribution is 0.0518. The maximum absolute atomic E-state index is 11.8. The van der Waals surface area contributed by atoms with Gasteiger partial charge >= 0.3 is 5.97 Å². The number of thiazole rings is 1. The van der Waals surface area contributed by atoms with Gasteiger partial charge in [0.2, 0.25) is 0 Å². The van der Waals surface area contributed by atoms with Crippen LogP contribution in [-0.2, 0) is 11.3 Å². The molecule has 2 heterocycles. The number of esters is 1. The number of carbonyl (C=O) groups excluding carboxylic acids is 1. The van der Waals surface area contributed by atoms with Gasteiger partial charge in [-0.2, -0.15) is 5.10 Å². The van der Waals surface area contributed by atoms with Crippen molar-refractivity contribution < 1.29 is 9.53 Å². The average Bonchev–Trinajstić information content (AvgIpc) is 3.18. The Bertz CT molecular complexity index is 921. The van der Waals surface area contributed by atoms with E-state index in [-0.39, 0.29) is 0 Å². The Labute approximate surface area is 159 Å². The minimum atomic E-state index is -0.417. The first kappa shape index (κ1) is 17.9. The molecule has 0 bridgehead atoms. The molecule has 0 amide bonds. The predicted molar refractivity (Wildman–Crippen MR) is 99.6 cm³/mol. The number of ether oxygens (including phenoxy) is 1. The Hall–Kier alpha value is -1.89. The van der Waals surface area contributed by atoms with E-state index in [0.717, 1.165) is 22.0 Å². The number of aromatic nitrogens is 3. The summed E-state index contributed by atoms with van der Waals surface area (Å²) in [6, 6.07) is 7.14. The minimum Gasteiger partial charge on any atom is -0.461 e. The minimum absolute atomic E-state index is 0.306. The van der Waals surface area contributed by atoms with Gasteiger partial charge in [-0.1, -0.05) is 29.3 Å². The van der Waals surface area contributed by atoms with Crippen LogP contribution in [0.4, 0.5) is 0 Å². The molecule has 2 aromatic heterocycles. The second kappa shape index (κ2) is 7.56. The first-order valence-corrected chi connectivity index (χ1v) is 9.23. The Balaban J connectivity index is 1.79. The molecule has 0 unspecified atom stereocenters. The summed E-state index contributed by atoms with van der Waals surface area (Å²) in [6.45, 7) is 4.46. The molecule has 25 heavy (non-hydrogen) atoms. The van der Waals surface area contributed by atoms with E-state index in [1.165, 1.54) is 11.3 Å². The normalized spacial score (nSPS) is 10.9. The molecule has 1 aromatic carbocycles. The fourth-order valence-corrected chi connectivity index (χ4v) is 3.36. The van der Waals surface area contributed by atoms with Crippen LogP contribution < -0.4 is 0 Å². The molecule has 130 valence electrons. The molecule has 0 aliphatic rings. The molecule has 5 nitrogen and oxygen atoms in total. The van der Waals surface area contributed by atoms with Gasteiger partial charge in [-0.3, -0.25) is 4.68 Å². The van der Waals surface area contributed by atoms with Crippen molar-refractivity contribution in [2.45, 2.75) is 20.4 Å². The van der Waals surface area contributed by atoms with Crippen molar-refractivity contribution in [3.8, 4) is 11.3 Å². The molecule has 0 radical (unpaired) electrons. The maximum Gasteiger partial charge on any atom is 0.358 e. The number of halogens is 2. The van der Waals surface area contributed by atoms with Crippen LogP contribution in [-0.4, -0.2) is 27.3 Å². The smallest absolute Gasteiger partial charge is 0.358 e. The van der Waals surface area contributed by atoms with Gasteiger partial charge in [0.1, 0.15) is 5.01 Å². The summed E-state index contributed by atoms with van der Waals surface area (Å²) >= 11 is 13.5. The SMILES string of the molecule is CCOC(=O)c1cc(C)n(Cc2nc(-c3ccc(Cl)c(Cl)c3)cs2)n1. The van der Waals surface area contributed by atoms with E-state index in [9.17, 15) is 4.79 Å². The van der Waals surface area contributed by atoms with Gasteiger partial charge in [0.05, 0.1) is 28.9 Å². The summed E-state index contributed by atoms with van der Waals surface area (Å²) in [5.41, 5.74) is 2.91. The Morgan fingerprint density at radius 1 is 1.28 bits per heavy atom. The molecule has 0 spiro atoms. The predicted octanol–water partition coefficient (Wildman–Crippen LogP) is 4.85. The maximum atomic E-state index is 11.8. The largest absolute Gasteiger partial charge is 0.461 e. The molecule has 8 heteroatoms.